The van der Waals surface area contributed by atoms with E-state index in [4.69, 9.17) is 0 Å². The van der Waals surface area contributed by atoms with Crippen LogP contribution in [0.1, 0.15) is 24.8 Å². The summed E-state index contributed by atoms with van der Waals surface area (Å²) in [7, 11) is -2.19. The molecule has 0 bridgehead atoms. The summed E-state index contributed by atoms with van der Waals surface area (Å²) < 4.78 is 27.7. The Morgan fingerprint density at radius 1 is 1.13 bits per heavy atom. The van der Waals surface area contributed by atoms with E-state index in [9.17, 15) is 18.0 Å². The molecule has 0 saturated carbocycles. The topological polar surface area (TPSA) is 86.8 Å². The van der Waals surface area contributed by atoms with Crippen LogP contribution in [0.25, 0.3) is 0 Å². The Morgan fingerprint density at radius 2 is 1.77 bits per heavy atom. The molecule has 1 fully saturated rings. The summed E-state index contributed by atoms with van der Waals surface area (Å²) in [5.74, 6) is -0.315. The molecule has 1 aliphatic heterocycles. The van der Waals surface area contributed by atoms with Gasteiger partial charge in [0.25, 0.3) is 0 Å². The average molecular weight is 430 g/mol. The SMILES string of the molecule is CN(C(=O)C1CCCCN1S(=O)(=O)c1ccccc1)[C@@H](Cc1ccccc1)NC=O. The maximum absolute atomic E-state index is 13.4. The van der Waals surface area contributed by atoms with E-state index in [1.54, 1.807) is 37.4 Å². The summed E-state index contributed by atoms with van der Waals surface area (Å²) in [6, 6.07) is 16.9. The molecule has 1 heterocycles. The molecule has 0 aromatic heterocycles. The Hall–Kier alpha value is -2.71. The van der Waals surface area contributed by atoms with Crippen LogP contribution in [0.2, 0.25) is 0 Å². The summed E-state index contributed by atoms with van der Waals surface area (Å²) in [6.45, 7) is 0.298. The van der Waals surface area contributed by atoms with Crippen LogP contribution >= 0.6 is 0 Å². The van der Waals surface area contributed by atoms with E-state index >= 15 is 0 Å². The summed E-state index contributed by atoms with van der Waals surface area (Å²) in [6.07, 6.45) is 2.36. The molecule has 2 aromatic carbocycles. The van der Waals surface area contributed by atoms with Crippen molar-refractivity contribution in [3.63, 3.8) is 0 Å². The third kappa shape index (κ3) is 4.88. The van der Waals surface area contributed by atoms with Crippen molar-refractivity contribution < 1.29 is 18.0 Å². The number of sulfonamides is 1. The zero-order valence-electron chi connectivity index (χ0n) is 17.0. The van der Waals surface area contributed by atoms with Gasteiger partial charge in [-0.2, -0.15) is 4.31 Å². The van der Waals surface area contributed by atoms with E-state index in [1.165, 1.54) is 9.21 Å². The number of piperidine rings is 1. The Kier molecular flexibility index (Phi) is 7.23. The van der Waals surface area contributed by atoms with Gasteiger partial charge in [0.1, 0.15) is 12.2 Å². The van der Waals surface area contributed by atoms with Gasteiger partial charge in [0.2, 0.25) is 22.3 Å². The van der Waals surface area contributed by atoms with Crippen LogP contribution < -0.4 is 5.32 Å². The fourth-order valence-corrected chi connectivity index (χ4v) is 5.45. The Labute approximate surface area is 177 Å². The fraction of sp³-hybridized carbons (Fsp3) is 0.364. The molecular formula is C22H27N3O4S. The predicted molar refractivity (Wildman–Crippen MR) is 114 cm³/mol. The number of hydrogen-bond acceptors (Lipinski definition) is 4. The molecule has 1 aliphatic rings. The predicted octanol–water partition coefficient (Wildman–Crippen LogP) is 2.00. The van der Waals surface area contributed by atoms with E-state index < -0.39 is 22.2 Å². The van der Waals surface area contributed by atoms with E-state index in [2.05, 4.69) is 5.32 Å². The van der Waals surface area contributed by atoms with Crippen LogP contribution in [0.15, 0.2) is 65.6 Å². The lowest BCUT2D eigenvalue weighted by Gasteiger charge is -2.38. The van der Waals surface area contributed by atoms with Crippen LogP contribution in [-0.2, 0) is 26.0 Å². The van der Waals surface area contributed by atoms with Gasteiger partial charge in [-0.15, -0.1) is 0 Å². The minimum atomic E-state index is -3.79. The van der Waals surface area contributed by atoms with Gasteiger partial charge in [0.15, 0.2) is 0 Å². The normalized spacial score (nSPS) is 18.4. The van der Waals surface area contributed by atoms with Crippen molar-refractivity contribution in [1.82, 2.24) is 14.5 Å². The van der Waals surface area contributed by atoms with Crippen LogP contribution in [0, 0.1) is 0 Å². The Balaban J connectivity index is 1.83. The molecule has 7 nitrogen and oxygen atoms in total. The summed E-state index contributed by atoms with van der Waals surface area (Å²) >= 11 is 0. The first-order valence-electron chi connectivity index (χ1n) is 10.0. The van der Waals surface area contributed by atoms with Gasteiger partial charge < -0.3 is 10.2 Å². The molecule has 2 aromatic rings. The van der Waals surface area contributed by atoms with Gasteiger partial charge in [-0.05, 0) is 30.5 Å². The lowest BCUT2D eigenvalue weighted by molar-refractivity contribution is -0.138. The molecule has 2 amide bonds. The Bertz CT molecular complexity index is 951. The minimum Gasteiger partial charge on any atom is -0.338 e. The van der Waals surface area contributed by atoms with Crippen molar-refractivity contribution in [1.29, 1.82) is 0 Å². The quantitative estimate of drug-likeness (QED) is 0.514. The van der Waals surface area contributed by atoms with Crippen molar-refractivity contribution in [2.75, 3.05) is 13.6 Å². The first kappa shape index (κ1) is 22.0. The third-order valence-corrected chi connectivity index (χ3v) is 7.36. The third-order valence-electron chi connectivity index (χ3n) is 5.44. The number of benzene rings is 2. The zero-order valence-corrected chi connectivity index (χ0v) is 17.8. The van der Waals surface area contributed by atoms with Gasteiger partial charge in [0, 0.05) is 20.0 Å². The van der Waals surface area contributed by atoms with Gasteiger partial charge in [-0.1, -0.05) is 55.0 Å². The summed E-state index contributed by atoms with van der Waals surface area (Å²) in [4.78, 5) is 26.1. The maximum Gasteiger partial charge on any atom is 0.243 e. The molecule has 30 heavy (non-hydrogen) atoms. The molecule has 1 saturated heterocycles. The molecule has 0 radical (unpaired) electrons. The zero-order chi connectivity index (χ0) is 21.6. The summed E-state index contributed by atoms with van der Waals surface area (Å²) in [5, 5.41) is 2.69. The van der Waals surface area contributed by atoms with Gasteiger partial charge in [-0.25, -0.2) is 8.42 Å². The maximum atomic E-state index is 13.4. The van der Waals surface area contributed by atoms with Gasteiger partial charge in [-0.3, -0.25) is 9.59 Å². The van der Waals surface area contributed by atoms with E-state index in [0.717, 1.165) is 12.0 Å². The fourth-order valence-electron chi connectivity index (χ4n) is 3.78. The van der Waals surface area contributed by atoms with Gasteiger partial charge >= 0.3 is 0 Å². The highest BCUT2D eigenvalue weighted by molar-refractivity contribution is 7.89. The standard InChI is InChI=1S/C22H27N3O4S/c1-24(21(23-17-26)16-18-10-4-2-5-11-18)22(27)20-14-8-9-15-25(20)30(28,29)19-12-6-3-7-13-19/h2-7,10-13,17,20-21H,8-9,14-16H2,1H3,(H,23,26)/t20?,21-/m0/s1. The molecular weight excluding hydrogens is 402 g/mol. The molecule has 2 atom stereocenters. The van der Waals surface area contributed by atoms with Crippen molar-refractivity contribution in [3.05, 3.63) is 66.2 Å². The lowest BCUT2D eigenvalue weighted by Crippen LogP contribution is -2.57. The molecule has 1 unspecified atom stereocenters. The number of likely N-dealkylation sites (N-methyl/N-ethyl adjacent to an activating group) is 1. The number of nitrogens with one attached hydrogen (secondary N) is 1. The monoisotopic (exact) mass is 429 g/mol. The highest BCUT2D eigenvalue weighted by Crippen LogP contribution is 2.26. The minimum absolute atomic E-state index is 0.180. The van der Waals surface area contributed by atoms with E-state index in [-0.39, 0.29) is 10.8 Å². The second kappa shape index (κ2) is 9.86. The van der Waals surface area contributed by atoms with Crippen molar-refractivity contribution in [2.45, 2.75) is 42.8 Å². The molecule has 160 valence electrons. The lowest BCUT2D eigenvalue weighted by atomic mass is 10.0. The first-order chi connectivity index (χ1) is 14.4. The highest BCUT2D eigenvalue weighted by atomic mass is 32.2. The largest absolute Gasteiger partial charge is 0.338 e. The van der Waals surface area contributed by atoms with Crippen molar-refractivity contribution in [2.24, 2.45) is 0 Å². The highest BCUT2D eigenvalue weighted by Gasteiger charge is 2.39. The van der Waals surface area contributed by atoms with Crippen LogP contribution in [-0.4, -0.2) is 55.7 Å². The molecule has 8 heteroatoms. The van der Waals surface area contributed by atoms with Crippen LogP contribution in [0.4, 0.5) is 0 Å². The van der Waals surface area contributed by atoms with E-state index in [1.807, 2.05) is 30.3 Å². The smallest absolute Gasteiger partial charge is 0.243 e. The molecule has 0 aliphatic carbocycles. The first-order valence-corrected chi connectivity index (χ1v) is 11.5. The number of carbonyl (C=O) groups excluding carboxylic acids is 2. The van der Waals surface area contributed by atoms with E-state index in [0.29, 0.717) is 32.2 Å². The molecule has 3 rings (SSSR count). The van der Waals surface area contributed by atoms with Crippen LogP contribution in [0.5, 0.6) is 0 Å². The second-order valence-electron chi connectivity index (χ2n) is 7.38. The molecule has 1 N–H and O–H groups in total. The van der Waals surface area contributed by atoms with Gasteiger partial charge in [0.05, 0.1) is 4.90 Å². The van der Waals surface area contributed by atoms with Crippen molar-refractivity contribution in [3.8, 4) is 0 Å². The average Bonchev–Trinajstić information content (AvgIpc) is 2.79. The second-order valence-corrected chi connectivity index (χ2v) is 9.27. The number of nitrogens with zero attached hydrogens (tertiary/aromatic N) is 2. The van der Waals surface area contributed by atoms with Crippen LogP contribution in [0.3, 0.4) is 0 Å². The number of hydrogen-bond donors (Lipinski definition) is 1. The number of carbonyl (C=O) groups is 2. The summed E-state index contributed by atoms with van der Waals surface area (Å²) in [5.41, 5.74) is 0.967. The molecule has 0 spiro atoms. The number of rotatable bonds is 8. The Morgan fingerprint density at radius 3 is 2.40 bits per heavy atom. The van der Waals surface area contributed by atoms with Crippen molar-refractivity contribution >= 4 is 22.3 Å². The number of amides is 2.